The smallest absolute Gasteiger partial charge is 0.166 e. The summed E-state index contributed by atoms with van der Waals surface area (Å²) in [6, 6.07) is 21.3. The molecule has 3 aromatic carbocycles. The summed E-state index contributed by atoms with van der Waals surface area (Å²) in [5, 5.41) is 28.5. The minimum absolute atomic E-state index is 0. The van der Waals surface area contributed by atoms with Gasteiger partial charge >= 0.3 is 0 Å². The van der Waals surface area contributed by atoms with Crippen LogP contribution in [-0.4, -0.2) is 15.3 Å². The molecule has 0 fully saturated rings. The predicted molar refractivity (Wildman–Crippen MR) is 86.5 cm³/mol. The second-order valence-corrected chi connectivity index (χ2v) is 6.81. The standard InChI is InChI=1S/C18H14O3S.BrH/c19-13-1-7-16(8-2-13)22(17-9-3-14(20)4-10-17)18-11-5-15(21)6-12-18;/h1-12H,(H2-,19,20,21);1H. The molecule has 0 amide bonds. The molecule has 0 aromatic heterocycles. The van der Waals surface area contributed by atoms with Crippen molar-refractivity contribution in [1.82, 2.24) is 0 Å². The lowest BCUT2D eigenvalue weighted by atomic mass is 10.3. The molecule has 3 nitrogen and oxygen atoms in total. The lowest BCUT2D eigenvalue weighted by Gasteiger charge is -2.08. The van der Waals surface area contributed by atoms with Crippen molar-refractivity contribution in [2.45, 2.75) is 14.7 Å². The van der Waals surface area contributed by atoms with E-state index in [0.29, 0.717) is 0 Å². The summed E-state index contributed by atoms with van der Waals surface area (Å²) < 4.78 is 0. The fraction of sp³-hybridized carbons (Fsp3) is 0. The maximum atomic E-state index is 9.49. The van der Waals surface area contributed by atoms with Crippen molar-refractivity contribution in [1.29, 1.82) is 0 Å². The van der Waals surface area contributed by atoms with Crippen molar-refractivity contribution >= 4 is 10.9 Å². The third-order valence-corrected chi connectivity index (χ3v) is 5.45. The summed E-state index contributed by atoms with van der Waals surface area (Å²) in [6.07, 6.45) is 0. The molecule has 0 unspecified atom stereocenters. The maximum absolute atomic E-state index is 9.49. The van der Waals surface area contributed by atoms with Crippen LogP contribution in [0.15, 0.2) is 87.5 Å². The van der Waals surface area contributed by atoms with Crippen LogP contribution < -0.4 is 17.0 Å². The number of rotatable bonds is 3. The first kappa shape index (κ1) is 17.2. The summed E-state index contributed by atoms with van der Waals surface area (Å²) >= 11 is 0. The van der Waals surface area contributed by atoms with Crippen LogP contribution in [-0.2, 0) is 10.9 Å². The second kappa shape index (κ2) is 7.44. The molecule has 118 valence electrons. The van der Waals surface area contributed by atoms with Crippen LogP contribution in [0.1, 0.15) is 0 Å². The van der Waals surface area contributed by atoms with Gasteiger partial charge in [0.25, 0.3) is 0 Å². The summed E-state index contributed by atoms with van der Waals surface area (Å²) in [5.74, 6) is 0.677. The normalized spacial score (nSPS) is 10.3. The Morgan fingerprint density at radius 1 is 0.435 bits per heavy atom. The van der Waals surface area contributed by atoms with Crippen molar-refractivity contribution in [3.8, 4) is 17.2 Å². The van der Waals surface area contributed by atoms with E-state index in [4.69, 9.17) is 0 Å². The molecule has 0 saturated heterocycles. The first-order chi connectivity index (χ1) is 10.6. The van der Waals surface area contributed by atoms with Gasteiger partial charge in [-0.2, -0.15) is 0 Å². The van der Waals surface area contributed by atoms with Crippen LogP contribution in [0.2, 0.25) is 0 Å². The van der Waals surface area contributed by atoms with Crippen LogP contribution in [0.5, 0.6) is 17.2 Å². The monoisotopic (exact) mass is 390 g/mol. The zero-order chi connectivity index (χ0) is 15.5. The fourth-order valence-corrected chi connectivity index (χ4v) is 4.20. The van der Waals surface area contributed by atoms with Crippen molar-refractivity contribution in [3.05, 3.63) is 72.8 Å². The fourth-order valence-electron chi connectivity index (χ4n) is 2.15. The molecule has 0 bridgehead atoms. The molecule has 0 aliphatic carbocycles. The minimum atomic E-state index is -0.373. The first-order valence-electron chi connectivity index (χ1n) is 6.75. The average Bonchev–Trinajstić information content (AvgIpc) is 2.53. The van der Waals surface area contributed by atoms with E-state index in [9.17, 15) is 15.3 Å². The quantitative estimate of drug-likeness (QED) is 0.582. The molecule has 23 heavy (non-hydrogen) atoms. The Balaban J connectivity index is 0.00000192. The number of phenolic OH excluding ortho intramolecular Hbond substituents is 3. The Labute approximate surface area is 148 Å². The molecule has 3 rings (SSSR count). The Hall–Kier alpha value is -2.11. The van der Waals surface area contributed by atoms with E-state index < -0.39 is 0 Å². The molecule has 0 aliphatic rings. The number of benzene rings is 3. The Morgan fingerprint density at radius 3 is 0.870 bits per heavy atom. The molecule has 0 atom stereocenters. The van der Waals surface area contributed by atoms with Gasteiger partial charge in [0.15, 0.2) is 14.7 Å². The van der Waals surface area contributed by atoms with Gasteiger partial charge in [0, 0.05) is 0 Å². The number of hydrogen-bond acceptors (Lipinski definition) is 3. The van der Waals surface area contributed by atoms with Gasteiger partial charge in [0.2, 0.25) is 0 Å². The highest BCUT2D eigenvalue weighted by Gasteiger charge is 2.28. The van der Waals surface area contributed by atoms with Crippen molar-refractivity contribution in [2.24, 2.45) is 0 Å². The number of halogens is 1. The van der Waals surface area contributed by atoms with E-state index in [0.717, 1.165) is 14.7 Å². The molecule has 0 saturated carbocycles. The lowest BCUT2D eigenvalue weighted by Crippen LogP contribution is -3.00. The van der Waals surface area contributed by atoms with E-state index in [2.05, 4.69) is 0 Å². The molecule has 0 radical (unpaired) electrons. The molecule has 0 aliphatic heterocycles. The number of aromatic hydroxyl groups is 3. The summed E-state index contributed by atoms with van der Waals surface area (Å²) in [6.45, 7) is 0. The highest BCUT2D eigenvalue weighted by molar-refractivity contribution is 7.97. The SMILES string of the molecule is Oc1ccc([S+](c2ccc(O)cc2)c2ccc(O)cc2)cc1.[Br-]. The highest BCUT2D eigenvalue weighted by atomic mass is 79.9. The van der Waals surface area contributed by atoms with Crippen molar-refractivity contribution < 1.29 is 32.3 Å². The van der Waals surface area contributed by atoms with E-state index in [1.807, 2.05) is 36.4 Å². The Morgan fingerprint density at radius 2 is 0.652 bits per heavy atom. The van der Waals surface area contributed by atoms with E-state index in [1.165, 1.54) is 0 Å². The minimum Gasteiger partial charge on any atom is -1.00 e. The average molecular weight is 391 g/mol. The van der Waals surface area contributed by atoms with Crippen LogP contribution >= 0.6 is 0 Å². The van der Waals surface area contributed by atoms with Crippen molar-refractivity contribution in [2.75, 3.05) is 0 Å². The van der Waals surface area contributed by atoms with Gasteiger partial charge in [-0.05, 0) is 72.8 Å². The molecule has 3 N–H and O–H groups in total. The van der Waals surface area contributed by atoms with Crippen LogP contribution in [0.4, 0.5) is 0 Å². The number of hydrogen-bond donors (Lipinski definition) is 3. The van der Waals surface area contributed by atoms with Gasteiger partial charge < -0.3 is 32.3 Å². The summed E-state index contributed by atoms with van der Waals surface area (Å²) in [4.78, 5) is 3.15. The van der Waals surface area contributed by atoms with Gasteiger partial charge in [0.05, 0.1) is 10.9 Å². The zero-order valence-corrected chi connectivity index (χ0v) is 14.5. The molecular weight excluding hydrogens is 376 g/mol. The topological polar surface area (TPSA) is 60.7 Å². The van der Waals surface area contributed by atoms with Gasteiger partial charge in [-0.1, -0.05) is 0 Å². The first-order valence-corrected chi connectivity index (χ1v) is 7.97. The van der Waals surface area contributed by atoms with Gasteiger partial charge in [-0.25, -0.2) is 0 Å². The molecular formula is C18H15BrO3S. The van der Waals surface area contributed by atoms with E-state index in [1.54, 1.807) is 36.4 Å². The van der Waals surface area contributed by atoms with E-state index in [-0.39, 0.29) is 45.1 Å². The lowest BCUT2D eigenvalue weighted by molar-refractivity contribution is -0.00000751. The summed E-state index contributed by atoms with van der Waals surface area (Å²) in [5.41, 5.74) is 0. The predicted octanol–water partition coefficient (Wildman–Crippen LogP) is 0.903. The van der Waals surface area contributed by atoms with Crippen LogP contribution in [0, 0.1) is 0 Å². The van der Waals surface area contributed by atoms with Gasteiger partial charge in [-0.3, -0.25) is 0 Å². The largest absolute Gasteiger partial charge is 1.00 e. The molecule has 0 heterocycles. The zero-order valence-electron chi connectivity index (χ0n) is 12.1. The second-order valence-electron chi connectivity index (χ2n) is 4.79. The molecule has 3 aromatic rings. The third-order valence-electron chi connectivity index (χ3n) is 3.22. The Kier molecular flexibility index (Phi) is 5.58. The maximum Gasteiger partial charge on any atom is 0.166 e. The third kappa shape index (κ3) is 4.00. The highest BCUT2D eigenvalue weighted by Crippen LogP contribution is 2.33. The summed E-state index contributed by atoms with van der Waals surface area (Å²) in [7, 11) is -0.373. The van der Waals surface area contributed by atoms with Crippen LogP contribution in [0.25, 0.3) is 0 Å². The van der Waals surface area contributed by atoms with Crippen molar-refractivity contribution in [3.63, 3.8) is 0 Å². The molecule has 5 heteroatoms. The Bertz CT molecular complexity index is 648. The van der Waals surface area contributed by atoms with E-state index >= 15 is 0 Å². The van der Waals surface area contributed by atoms with Gasteiger partial charge in [0.1, 0.15) is 17.2 Å². The van der Waals surface area contributed by atoms with Gasteiger partial charge in [-0.15, -0.1) is 0 Å². The number of phenols is 3. The van der Waals surface area contributed by atoms with Crippen LogP contribution in [0.3, 0.4) is 0 Å². The molecule has 0 spiro atoms.